The molecule has 1 saturated heterocycles. The number of carboxylic acid groups (broad SMARTS) is 1. The first kappa shape index (κ1) is 15.5. The molecule has 1 aromatic heterocycles. The van der Waals surface area contributed by atoms with Gasteiger partial charge in [0.2, 0.25) is 5.91 Å². The van der Waals surface area contributed by atoms with Crippen LogP contribution in [0.25, 0.3) is 0 Å². The first-order chi connectivity index (χ1) is 9.97. The minimum atomic E-state index is -0.912. The summed E-state index contributed by atoms with van der Waals surface area (Å²) in [7, 11) is 0. The maximum absolute atomic E-state index is 12.2. The van der Waals surface area contributed by atoms with E-state index in [1.54, 1.807) is 4.90 Å². The largest absolute Gasteiger partial charge is 0.481 e. The Labute approximate surface area is 122 Å². The quantitative estimate of drug-likeness (QED) is 0.868. The Morgan fingerprint density at radius 2 is 2.19 bits per heavy atom. The van der Waals surface area contributed by atoms with E-state index in [-0.39, 0.29) is 12.3 Å². The maximum Gasteiger partial charge on any atom is 0.306 e. The molecule has 0 aliphatic carbocycles. The molecule has 1 unspecified atom stereocenters. The van der Waals surface area contributed by atoms with Crippen LogP contribution in [0.3, 0.4) is 0 Å². The fraction of sp³-hybridized carbons (Fsp3) is 0.643. The first-order valence-corrected chi connectivity index (χ1v) is 7.00. The lowest BCUT2D eigenvalue weighted by molar-refractivity contribution is -0.147. The van der Waals surface area contributed by atoms with Crippen LogP contribution in [-0.2, 0) is 20.7 Å². The highest BCUT2D eigenvalue weighted by atomic mass is 16.5. The Morgan fingerprint density at radius 3 is 2.81 bits per heavy atom. The summed E-state index contributed by atoms with van der Waals surface area (Å²) < 4.78 is 10.4. The van der Waals surface area contributed by atoms with Gasteiger partial charge in [0.05, 0.1) is 24.8 Å². The molecule has 2 rings (SSSR count). The molecule has 1 fully saturated rings. The minimum Gasteiger partial charge on any atom is -0.481 e. The molecular weight excluding hydrogens is 276 g/mol. The number of hydrogen-bond donors (Lipinski definition) is 1. The van der Waals surface area contributed by atoms with Crippen molar-refractivity contribution in [1.82, 2.24) is 10.1 Å². The number of aliphatic carboxylic acids is 1. The molecule has 0 saturated carbocycles. The van der Waals surface area contributed by atoms with Crippen molar-refractivity contribution in [1.29, 1.82) is 0 Å². The lowest BCUT2D eigenvalue weighted by atomic mass is 10.1. The second-order valence-corrected chi connectivity index (χ2v) is 5.23. The maximum atomic E-state index is 12.2. The number of ether oxygens (including phenoxy) is 1. The van der Waals surface area contributed by atoms with E-state index in [1.165, 1.54) is 0 Å². The number of rotatable bonds is 5. The molecule has 7 nitrogen and oxygen atoms in total. The molecule has 1 amide bonds. The van der Waals surface area contributed by atoms with Crippen molar-refractivity contribution in [2.24, 2.45) is 0 Å². The third-order valence-electron chi connectivity index (χ3n) is 3.66. The van der Waals surface area contributed by atoms with Crippen molar-refractivity contribution in [3.8, 4) is 0 Å². The highest BCUT2D eigenvalue weighted by molar-refractivity contribution is 5.76. The number of carboxylic acids is 1. The van der Waals surface area contributed by atoms with E-state index >= 15 is 0 Å². The Balaban J connectivity index is 1.87. The van der Waals surface area contributed by atoms with Crippen LogP contribution in [0.4, 0.5) is 0 Å². The van der Waals surface area contributed by atoms with Gasteiger partial charge < -0.3 is 19.3 Å². The van der Waals surface area contributed by atoms with Gasteiger partial charge in [-0.1, -0.05) is 5.16 Å². The van der Waals surface area contributed by atoms with Gasteiger partial charge in [0.1, 0.15) is 5.76 Å². The van der Waals surface area contributed by atoms with E-state index in [9.17, 15) is 9.59 Å². The van der Waals surface area contributed by atoms with Crippen molar-refractivity contribution >= 4 is 11.9 Å². The highest BCUT2D eigenvalue weighted by Crippen LogP contribution is 2.16. The smallest absolute Gasteiger partial charge is 0.306 e. The number of nitrogens with zero attached hydrogens (tertiary/aromatic N) is 2. The van der Waals surface area contributed by atoms with Gasteiger partial charge in [-0.15, -0.1) is 0 Å². The van der Waals surface area contributed by atoms with Gasteiger partial charge in [-0.2, -0.15) is 0 Å². The standard InChI is InChI=1S/C14H20N2O5/c1-9-12(10(2)21-15-9)3-4-13(17)16-5-6-20-11(8-16)7-14(18)19/h11H,3-8H2,1-2H3,(H,18,19). The third-order valence-corrected chi connectivity index (χ3v) is 3.66. The Kier molecular flexibility index (Phi) is 4.95. The van der Waals surface area contributed by atoms with Gasteiger partial charge in [0.15, 0.2) is 0 Å². The lowest BCUT2D eigenvalue weighted by Gasteiger charge is -2.32. The van der Waals surface area contributed by atoms with Crippen molar-refractivity contribution in [3.05, 3.63) is 17.0 Å². The lowest BCUT2D eigenvalue weighted by Crippen LogP contribution is -2.46. The molecule has 2 heterocycles. The fourth-order valence-corrected chi connectivity index (χ4v) is 2.51. The molecule has 1 aliphatic heterocycles. The van der Waals surface area contributed by atoms with Crippen LogP contribution in [0.2, 0.25) is 0 Å². The average molecular weight is 296 g/mol. The van der Waals surface area contributed by atoms with Gasteiger partial charge in [0, 0.05) is 25.1 Å². The summed E-state index contributed by atoms with van der Waals surface area (Å²) in [6, 6.07) is 0. The zero-order valence-corrected chi connectivity index (χ0v) is 12.3. The van der Waals surface area contributed by atoms with E-state index in [1.807, 2.05) is 13.8 Å². The molecule has 0 spiro atoms. The number of amides is 1. The van der Waals surface area contributed by atoms with Gasteiger partial charge in [-0.05, 0) is 20.3 Å². The Bertz CT molecular complexity index is 506. The van der Waals surface area contributed by atoms with E-state index in [0.717, 1.165) is 17.0 Å². The molecule has 0 bridgehead atoms. The minimum absolute atomic E-state index is 0.00805. The predicted molar refractivity (Wildman–Crippen MR) is 72.9 cm³/mol. The summed E-state index contributed by atoms with van der Waals surface area (Å²) in [5.74, 6) is -0.162. The van der Waals surface area contributed by atoms with Crippen LogP contribution in [0.15, 0.2) is 4.52 Å². The second-order valence-electron chi connectivity index (χ2n) is 5.23. The summed E-state index contributed by atoms with van der Waals surface area (Å²) in [6.45, 7) is 4.92. The molecule has 1 aliphatic rings. The van der Waals surface area contributed by atoms with Gasteiger partial charge >= 0.3 is 5.97 Å². The van der Waals surface area contributed by atoms with E-state index in [4.69, 9.17) is 14.4 Å². The zero-order chi connectivity index (χ0) is 15.4. The van der Waals surface area contributed by atoms with Crippen LogP contribution >= 0.6 is 0 Å². The number of carbonyl (C=O) groups is 2. The average Bonchev–Trinajstić information content (AvgIpc) is 2.75. The van der Waals surface area contributed by atoms with Crippen LogP contribution < -0.4 is 0 Å². The molecule has 1 atom stereocenters. The van der Waals surface area contributed by atoms with Crippen LogP contribution in [-0.4, -0.2) is 52.8 Å². The molecular formula is C14H20N2O5. The van der Waals surface area contributed by atoms with E-state index in [0.29, 0.717) is 32.5 Å². The second kappa shape index (κ2) is 6.71. The topological polar surface area (TPSA) is 92.9 Å². The summed E-state index contributed by atoms with van der Waals surface area (Å²) in [5, 5.41) is 12.6. The first-order valence-electron chi connectivity index (χ1n) is 7.00. The molecule has 21 heavy (non-hydrogen) atoms. The van der Waals surface area contributed by atoms with E-state index in [2.05, 4.69) is 5.16 Å². The van der Waals surface area contributed by atoms with Gasteiger partial charge in [-0.3, -0.25) is 9.59 Å². The SMILES string of the molecule is Cc1noc(C)c1CCC(=O)N1CCOC(CC(=O)O)C1. The molecule has 0 radical (unpaired) electrons. The van der Waals surface area contributed by atoms with E-state index < -0.39 is 12.1 Å². The van der Waals surface area contributed by atoms with Crippen LogP contribution in [0, 0.1) is 13.8 Å². The summed E-state index contributed by atoms with van der Waals surface area (Å²) in [5.41, 5.74) is 1.78. The van der Waals surface area contributed by atoms with Crippen molar-refractivity contribution in [2.45, 2.75) is 39.2 Å². The Morgan fingerprint density at radius 1 is 1.43 bits per heavy atom. The molecule has 1 aromatic rings. The summed E-state index contributed by atoms with van der Waals surface area (Å²) >= 11 is 0. The van der Waals surface area contributed by atoms with Crippen LogP contribution in [0.1, 0.15) is 29.9 Å². The predicted octanol–water partition coefficient (Wildman–Crippen LogP) is 0.926. The number of morpholine rings is 1. The zero-order valence-electron chi connectivity index (χ0n) is 12.3. The summed E-state index contributed by atoms with van der Waals surface area (Å²) in [6.07, 6.45) is 0.455. The Hall–Kier alpha value is -1.89. The number of aryl methyl sites for hydroxylation is 2. The molecule has 0 aromatic carbocycles. The molecule has 7 heteroatoms. The fourth-order valence-electron chi connectivity index (χ4n) is 2.51. The third kappa shape index (κ3) is 4.04. The van der Waals surface area contributed by atoms with Gasteiger partial charge in [0.25, 0.3) is 0 Å². The normalized spacial score (nSPS) is 18.8. The number of aromatic nitrogens is 1. The number of hydrogen-bond acceptors (Lipinski definition) is 5. The highest BCUT2D eigenvalue weighted by Gasteiger charge is 2.26. The number of carbonyl (C=O) groups excluding carboxylic acids is 1. The van der Waals surface area contributed by atoms with Crippen molar-refractivity contribution in [3.63, 3.8) is 0 Å². The monoisotopic (exact) mass is 296 g/mol. The van der Waals surface area contributed by atoms with Crippen molar-refractivity contribution in [2.75, 3.05) is 19.7 Å². The van der Waals surface area contributed by atoms with Crippen LogP contribution in [0.5, 0.6) is 0 Å². The molecule has 1 N–H and O–H groups in total. The van der Waals surface area contributed by atoms with Crippen molar-refractivity contribution < 1.29 is 24.0 Å². The molecule has 116 valence electrons. The van der Waals surface area contributed by atoms with Gasteiger partial charge in [-0.25, -0.2) is 0 Å². The summed E-state index contributed by atoms with van der Waals surface area (Å²) in [4.78, 5) is 24.6.